The Morgan fingerprint density at radius 1 is 0.952 bits per heavy atom. The van der Waals surface area contributed by atoms with E-state index in [-0.39, 0.29) is 0 Å². The van der Waals surface area contributed by atoms with Gasteiger partial charge in [-0.3, -0.25) is 0 Å². The van der Waals surface area contributed by atoms with Gasteiger partial charge < -0.3 is 9.47 Å². The summed E-state index contributed by atoms with van der Waals surface area (Å²) in [7, 11) is 1.30. The number of rotatable bonds is 4. The van der Waals surface area contributed by atoms with Gasteiger partial charge in [0.2, 0.25) is 0 Å². The molecule has 2 rings (SSSR count). The van der Waals surface area contributed by atoms with Crippen molar-refractivity contribution < 1.29 is 19.1 Å². The van der Waals surface area contributed by atoms with Crippen LogP contribution >= 0.6 is 0 Å². The Kier molecular flexibility index (Phi) is 4.88. The van der Waals surface area contributed by atoms with Crippen LogP contribution in [0.3, 0.4) is 0 Å². The fourth-order valence-corrected chi connectivity index (χ4v) is 1.67. The van der Waals surface area contributed by atoms with E-state index >= 15 is 0 Å². The Morgan fingerprint density at radius 3 is 2.33 bits per heavy atom. The Labute approximate surface area is 122 Å². The van der Waals surface area contributed by atoms with Crippen molar-refractivity contribution in [3.63, 3.8) is 0 Å². The number of carbonyl (C=O) groups excluding carboxylic acids is 2. The highest BCUT2D eigenvalue weighted by molar-refractivity contribution is 5.92. The van der Waals surface area contributed by atoms with Gasteiger partial charge in [0, 0.05) is 11.6 Å². The van der Waals surface area contributed by atoms with Crippen molar-refractivity contribution >= 4 is 18.0 Å². The highest BCUT2D eigenvalue weighted by atomic mass is 16.5. The van der Waals surface area contributed by atoms with Gasteiger partial charge >= 0.3 is 11.9 Å². The second-order valence-electron chi connectivity index (χ2n) is 4.15. The van der Waals surface area contributed by atoms with E-state index in [1.807, 2.05) is 6.07 Å². The van der Waals surface area contributed by atoms with E-state index in [2.05, 4.69) is 4.74 Å². The molecule has 0 bridgehead atoms. The lowest BCUT2D eigenvalue weighted by Crippen LogP contribution is -2.08. The van der Waals surface area contributed by atoms with Gasteiger partial charge in [-0.2, -0.15) is 0 Å². The molecule has 0 amide bonds. The molecule has 2 aromatic carbocycles. The molecule has 0 saturated heterocycles. The number of para-hydroxylation sites is 1. The van der Waals surface area contributed by atoms with Crippen molar-refractivity contribution in [1.82, 2.24) is 0 Å². The Bertz CT molecular complexity index is 660. The minimum atomic E-state index is -0.473. The van der Waals surface area contributed by atoms with Crippen molar-refractivity contribution in [2.75, 3.05) is 7.11 Å². The normalized spacial score (nSPS) is 10.3. The summed E-state index contributed by atoms with van der Waals surface area (Å²) in [4.78, 5) is 23.1. The summed E-state index contributed by atoms with van der Waals surface area (Å²) in [6.45, 7) is 0. The molecule has 0 radical (unpaired) electrons. The third-order valence-corrected chi connectivity index (χ3v) is 2.73. The molecule has 0 spiro atoms. The SMILES string of the molecule is COC(=O)C=Cc1ccccc1OC(=O)c1ccccc1. The van der Waals surface area contributed by atoms with Crippen LogP contribution in [-0.2, 0) is 9.53 Å². The summed E-state index contributed by atoms with van der Waals surface area (Å²) < 4.78 is 9.88. The highest BCUT2D eigenvalue weighted by Gasteiger charge is 2.09. The predicted molar refractivity (Wildman–Crippen MR) is 78.9 cm³/mol. The minimum absolute atomic E-state index is 0.381. The van der Waals surface area contributed by atoms with Gasteiger partial charge in [-0.15, -0.1) is 0 Å². The first-order valence-electron chi connectivity index (χ1n) is 6.33. The molecule has 0 fully saturated rings. The second-order valence-corrected chi connectivity index (χ2v) is 4.15. The molecule has 0 heterocycles. The van der Waals surface area contributed by atoms with Crippen LogP contribution in [0.5, 0.6) is 5.75 Å². The number of carbonyl (C=O) groups is 2. The molecule has 0 aliphatic rings. The summed E-state index contributed by atoms with van der Waals surface area (Å²) in [6.07, 6.45) is 2.81. The predicted octanol–water partition coefficient (Wildman–Crippen LogP) is 3.09. The van der Waals surface area contributed by atoms with Crippen molar-refractivity contribution in [2.24, 2.45) is 0 Å². The summed E-state index contributed by atoms with van der Waals surface area (Å²) in [5.41, 5.74) is 1.08. The van der Waals surface area contributed by atoms with E-state index in [4.69, 9.17) is 4.74 Å². The van der Waals surface area contributed by atoms with E-state index < -0.39 is 11.9 Å². The Morgan fingerprint density at radius 2 is 1.62 bits per heavy atom. The lowest BCUT2D eigenvalue weighted by molar-refractivity contribution is -0.134. The van der Waals surface area contributed by atoms with Crippen LogP contribution in [0.25, 0.3) is 6.08 Å². The van der Waals surface area contributed by atoms with Crippen molar-refractivity contribution in [3.8, 4) is 5.75 Å². The third kappa shape index (κ3) is 4.04. The first kappa shape index (κ1) is 14.5. The fourth-order valence-electron chi connectivity index (χ4n) is 1.67. The number of benzene rings is 2. The Balaban J connectivity index is 2.19. The lowest BCUT2D eigenvalue weighted by Gasteiger charge is -2.07. The molecule has 4 nitrogen and oxygen atoms in total. The number of hydrogen-bond donors (Lipinski definition) is 0. The van der Waals surface area contributed by atoms with Crippen LogP contribution in [0.2, 0.25) is 0 Å². The number of esters is 2. The zero-order valence-corrected chi connectivity index (χ0v) is 11.5. The van der Waals surface area contributed by atoms with Crippen molar-refractivity contribution in [3.05, 3.63) is 71.8 Å². The van der Waals surface area contributed by atoms with Crippen molar-refractivity contribution in [1.29, 1.82) is 0 Å². The topological polar surface area (TPSA) is 52.6 Å². The van der Waals surface area contributed by atoms with Gasteiger partial charge in [-0.1, -0.05) is 36.4 Å². The Hall–Kier alpha value is -2.88. The quantitative estimate of drug-likeness (QED) is 0.491. The van der Waals surface area contributed by atoms with Gasteiger partial charge in [0.15, 0.2) is 0 Å². The number of hydrogen-bond acceptors (Lipinski definition) is 4. The van der Waals surface area contributed by atoms with E-state index in [0.717, 1.165) is 0 Å². The molecule has 0 aliphatic heterocycles. The molecule has 0 unspecified atom stereocenters. The van der Waals surface area contributed by atoms with E-state index in [0.29, 0.717) is 16.9 Å². The van der Waals surface area contributed by atoms with Crippen LogP contribution in [0, 0.1) is 0 Å². The van der Waals surface area contributed by atoms with Gasteiger partial charge in [-0.25, -0.2) is 9.59 Å². The van der Waals surface area contributed by atoms with Crippen LogP contribution in [0.15, 0.2) is 60.7 Å². The lowest BCUT2D eigenvalue weighted by atomic mass is 10.2. The standard InChI is InChI=1S/C17H14O4/c1-20-16(18)12-11-13-7-5-6-10-15(13)21-17(19)14-8-3-2-4-9-14/h2-12H,1H3. The maximum absolute atomic E-state index is 12.0. The highest BCUT2D eigenvalue weighted by Crippen LogP contribution is 2.20. The minimum Gasteiger partial charge on any atom is -0.466 e. The fraction of sp³-hybridized carbons (Fsp3) is 0.0588. The molecule has 0 N–H and O–H groups in total. The largest absolute Gasteiger partial charge is 0.466 e. The summed E-state index contributed by atoms with van der Waals surface area (Å²) in [5.74, 6) is -0.541. The first-order valence-corrected chi connectivity index (χ1v) is 6.33. The second kappa shape index (κ2) is 7.05. The zero-order chi connectivity index (χ0) is 15.1. The van der Waals surface area contributed by atoms with Crippen LogP contribution < -0.4 is 4.74 Å². The smallest absolute Gasteiger partial charge is 0.343 e. The molecule has 0 atom stereocenters. The molecule has 0 saturated carbocycles. The van der Waals surface area contributed by atoms with Gasteiger partial charge in [0.25, 0.3) is 0 Å². The van der Waals surface area contributed by atoms with Gasteiger partial charge in [0.05, 0.1) is 12.7 Å². The van der Waals surface area contributed by atoms with Crippen molar-refractivity contribution in [2.45, 2.75) is 0 Å². The monoisotopic (exact) mass is 282 g/mol. The molecule has 4 heteroatoms. The number of methoxy groups -OCH3 is 1. The molecule has 21 heavy (non-hydrogen) atoms. The van der Waals surface area contributed by atoms with E-state index in [1.54, 1.807) is 54.6 Å². The molecule has 0 aliphatic carbocycles. The maximum Gasteiger partial charge on any atom is 0.343 e. The molecular weight excluding hydrogens is 268 g/mol. The van der Waals surface area contributed by atoms with Crippen LogP contribution in [-0.4, -0.2) is 19.0 Å². The molecule has 2 aromatic rings. The van der Waals surface area contributed by atoms with E-state index in [1.165, 1.54) is 13.2 Å². The maximum atomic E-state index is 12.0. The molecular formula is C17H14O4. The molecule has 106 valence electrons. The third-order valence-electron chi connectivity index (χ3n) is 2.73. The number of ether oxygens (including phenoxy) is 2. The van der Waals surface area contributed by atoms with Gasteiger partial charge in [-0.05, 0) is 24.3 Å². The van der Waals surface area contributed by atoms with Crippen LogP contribution in [0.4, 0.5) is 0 Å². The summed E-state index contributed by atoms with van der Waals surface area (Å²) in [6, 6.07) is 15.7. The average Bonchev–Trinajstić information content (AvgIpc) is 2.54. The first-order chi connectivity index (χ1) is 10.2. The summed E-state index contributed by atoms with van der Waals surface area (Å²) in [5, 5.41) is 0. The summed E-state index contributed by atoms with van der Waals surface area (Å²) >= 11 is 0. The average molecular weight is 282 g/mol. The van der Waals surface area contributed by atoms with E-state index in [9.17, 15) is 9.59 Å². The van der Waals surface area contributed by atoms with Gasteiger partial charge in [0.1, 0.15) is 5.75 Å². The molecule has 0 aromatic heterocycles. The van der Waals surface area contributed by atoms with Crippen LogP contribution in [0.1, 0.15) is 15.9 Å². The zero-order valence-electron chi connectivity index (χ0n) is 11.5.